The van der Waals surface area contributed by atoms with Gasteiger partial charge in [-0.2, -0.15) is 0 Å². The van der Waals surface area contributed by atoms with E-state index in [0.717, 1.165) is 16.0 Å². The Kier molecular flexibility index (Phi) is 5.16. The molecule has 0 radical (unpaired) electrons. The van der Waals surface area contributed by atoms with Gasteiger partial charge >= 0.3 is 5.69 Å². The van der Waals surface area contributed by atoms with E-state index in [-0.39, 0.29) is 11.5 Å². The van der Waals surface area contributed by atoms with Crippen LogP contribution in [0.15, 0.2) is 38.8 Å². The summed E-state index contributed by atoms with van der Waals surface area (Å²) in [4.78, 5) is 30.3. The molecule has 0 unspecified atom stereocenters. The van der Waals surface area contributed by atoms with Gasteiger partial charge in [0, 0.05) is 33.9 Å². The van der Waals surface area contributed by atoms with Crippen LogP contribution in [-0.4, -0.2) is 41.2 Å². The lowest BCUT2D eigenvalue weighted by Gasteiger charge is -2.18. The summed E-state index contributed by atoms with van der Waals surface area (Å²) in [6.45, 7) is 0. The summed E-state index contributed by atoms with van der Waals surface area (Å²) in [7, 11) is 8.01. The molecule has 0 spiro atoms. The third-order valence-electron chi connectivity index (χ3n) is 3.67. The highest BCUT2D eigenvalue weighted by atomic mass is 16.5. The van der Waals surface area contributed by atoms with Gasteiger partial charge in [0.05, 0.1) is 7.11 Å². The molecular weight excluding hydrogens is 324 g/mol. The van der Waals surface area contributed by atoms with Crippen LogP contribution in [0.5, 0.6) is 5.75 Å². The van der Waals surface area contributed by atoms with Crippen molar-refractivity contribution in [3.05, 3.63) is 45.1 Å². The highest BCUT2D eigenvalue weighted by Crippen LogP contribution is 2.18. The van der Waals surface area contributed by atoms with Crippen molar-refractivity contribution in [1.82, 2.24) is 14.0 Å². The minimum absolute atomic E-state index is 0.00369. The Morgan fingerprint density at radius 3 is 2.28 bits per heavy atom. The number of rotatable bonds is 3. The molecule has 9 heteroatoms. The van der Waals surface area contributed by atoms with Crippen LogP contribution in [0.25, 0.3) is 0 Å². The van der Waals surface area contributed by atoms with Crippen LogP contribution in [0.4, 0.5) is 17.2 Å². The maximum atomic E-state index is 12.4. The average Bonchev–Trinajstić information content (AvgIpc) is 2.61. The molecule has 2 aromatic rings. The molecule has 1 heterocycles. The zero-order valence-electron chi connectivity index (χ0n) is 14.9. The molecule has 0 atom stereocenters. The van der Waals surface area contributed by atoms with Gasteiger partial charge in [0.15, 0.2) is 5.69 Å². The van der Waals surface area contributed by atoms with Crippen LogP contribution >= 0.6 is 0 Å². The third kappa shape index (κ3) is 3.65. The fourth-order valence-electron chi connectivity index (χ4n) is 2.10. The van der Waals surface area contributed by atoms with E-state index in [0.29, 0.717) is 5.96 Å². The van der Waals surface area contributed by atoms with Gasteiger partial charge < -0.3 is 20.7 Å². The smallest absolute Gasteiger partial charge is 0.332 e. The fourth-order valence-corrected chi connectivity index (χ4v) is 2.10. The van der Waals surface area contributed by atoms with Crippen molar-refractivity contribution in [3.63, 3.8) is 0 Å². The van der Waals surface area contributed by atoms with E-state index in [4.69, 9.17) is 10.5 Å². The molecule has 1 aromatic carbocycles. The Labute approximate surface area is 145 Å². The van der Waals surface area contributed by atoms with Gasteiger partial charge in [-0.05, 0) is 24.3 Å². The minimum Gasteiger partial charge on any atom is -0.497 e. The van der Waals surface area contributed by atoms with Crippen molar-refractivity contribution in [2.45, 2.75) is 0 Å². The number of anilines is 2. The van der Waals surface area contributed by atoms with Crippen LogP contribution in [0.3, 0.4) is 0 Å². The lowest BCUT2D eigenvalue weighted by atomic mass is 10.3. The Bertz CT molecular complexity index is 909. The first-order valence-corrected chi connectivity index (χ1v) is 7.48. The van der Waals surface area contributed by atoms with Crippen LogP contribution in [0.1, 0.15) is 0 Å². The minimum atomic E-state index is -0.559. The number of benzene rings is 1. The normalized spacial score (nSPS) is 11.3. The highest BCUT2D eigenvalue weighted by molar-refractivity contribution is 5.95. The van der Waals surface area contributed by atoms with Crippen LogP contribution in [-0.2, 0) is 14.1 Å². The molecule has 0 fully saturated rings. The van der Waals surface area contributed by atoms with Gasteiger partial charge in [0.2, 0.25) is 5.96 Å². The summed E-state index contributed by atoms with van der Waals surface area (Å²) in [5.74, 6) is 1.13. The van der Waals surface area contributed by atoms with Crippen LogP contribution < -0.4 is 27.0 Å². The molecule has 1 aromatic heterocycles. The number of hydrogen-bond acceptors (Lipinski definition) is 5. The predicted molar refractivity (Wildman–Crippen MR) is 98.7 cm³/mol. The van der Waals surface area contributed by atoms with E-state index in [9.17, 15) is 9.59 Å². The molecule has 25 heavy (non-hydrogen) atoms. The predicted octanol–water partition coefficient (Wildman–Crippen LogP) is 0.336. The summed E-state index contributed by atoms with van der Waals surface area (Å²) in [5, 5.41) is 3.12. The Balaban J connectivity index is 2.50. The van der Waals surface area contributed by atoms with Crippen molar-refractivity contribution < 1.29 is 4.74 Å². The first-order chi connectivity index (χ1) is 11.8. The molecule has 2 rings (SSSR count). The molecular formula is C16H22N6O3. The number of ether oxygens (including phenoxy) is 1. The molecule has 0 saturated heterocycles. The number of hydrogen-bond donors (Lipinski definition) is 2. The van der Waals surface area contributed by atoms with Gasteiger partial charge in [-0.3, -0.25) is 13.9 Å². The number of nitrogens with one attached hydrogen (secondary N) is 1. The van der Waals surface area contributed by atoms with Gasteiger partial charge in [-0.1, -0.05) is 0 Å². The zero-order valence-corrected chi connectivity index (χ0v) is 14.9. The number of methoxy groups -OCH3 is 1. The van der Waals surface area contributed by atoms with Crippen LogP contribution in [0, 0.1) is 0 Å². The number of aliphatic imine (C=N–C) groups is 1. The monoisotopic (exact) mass is 346 g/mol. The Hall–Kier alpha value is -3.23. The van der Waals surface area contributed by atoms with E-state index in [1.54, 1.807) is 38.2 Å². The van der Waals surface area contributed by atoms with E-state index >= 15 is 0 Å². The first kappa shape index (κ1) is 18.1. The number of nitrogens with two attached hydrogens (primary N) is 1. The average molecular weight is 346 g/mol. The van der Waals surface area contributed by atoms with Gasteiger partial charge in [0.25, 0.3) is 5.56 Å². The van der Waals surface area contributed by atoms with Crippen molar-refractivity contribution >= 4 is 23.2 Å². The van der Waals surface area contributed by atoms with Crippen molar-refractivity contribution in [1.29, 1.82) is 0 Å². The number of nitrogens with zero attached hydrogens (tertiary/aromatic N) is 4. The maximum absolute atomic E-state index is 12.4. The maximum Gasteiger partial charge on any atom is 0.332 e. The van der Waals surface area contributed by atoms with E-state index in [1.807, 2.05) is 12.1 Å². The second kappa shape index (κ2) is 7.12. The summed E-state index contributed by atoms with van der Waals surface area (Å²) >= 11 is 0. The topological polar surface area (TPSA) is 107 Å². The van der Waals surface area contributed by atoms with Gasteiger partial charge in [-0.15, -0.1) is 0 Å². The van der Waals surface area contributed by atoms with E-state index in [1.165, 1.54) is 18.7 Å². The van der Waals surface area contributed by atoms with Crippen molar-refractivity contribution in [2.24, 2.45) is 19.1 Å². The Morgan fingerprint density at radius 2 is 1.76 bits per heavy atom. The quantitative estimate of drug-likeness (QED) is 0.613. The summed E-state index contributed by atoms with van der Waals surface area (Å²) in [5.41, 5.74) is 5.60. The number of nitrogen functional groups attached to an aromatic ring is 1. The van der Waals surface area contributed by atoms with Gasteiger partial charge in [-0.25, -0.2) is 9.79 Å². The summed E-state index contributed by atoms with van der Waals surface area (Å²) in [6.07, 6.45) is 0. The Morgan fingerprint density at radius 1 is 1.16 bits per heavy atom. The van der Waals surface area contributed by atoms with Crippen molar-refractivity contribution in [2.75, 3.05) is 32.3 Å². The first-order valence-electron chi connectivity index (χ1n) is 7.48. The third-order valence-corrected chi connectivity index (χ3v) is 3.67. The van der Waals surface area contributed by atoms with E-state index in [2.05, 4.69) is 10.3 Å². The second-order valence-electron chi connectivity index (χ2n) is 5.62. The molecule has 0 bridgehead atoms. The molecule has 0 amide bonds. The molecule has 9 nitrogen and oxygen atoms in total. The van der Waals surface area contributed by atoms with Crippen LogP contribution in [0.2, 0.25) is 0 Å². The van der Waals surface area contributed by atoms with Crippen molar-refractivity contribution in [3.8, 4) is 5.75 Å². The molecule has 0 aliphatic heterocycles. The molecule has 134 valence electrons. The molecule has 0 saturated carbocycles. The largest absolute Gasteiger partial charge is 0.497 e. The SMILES string of the molecule is COc1ccc(NC(=Nc2c(N)n(C)c(=O)n(C)c2=O)N(C)C)cc1. The highest BCUT2D eigenvalue weighted by Gasteiger charge is 2.14. The lowest BCUT2D eigenvalue weighted by molar-refractivity contribution is 0.415. The summed E-state index contributed by atoms with van der Waals surface area (Å²) in [6, 6.07) is 7.24. The number of aromatic nitrogens is 2. The van der Waals surface area contributed by atoms with Gasteiger partial charge in [0.1, 0.15) is 11.6 Å². The lowest BCUT2D eigenvalue weighted by Crippen LogP contribution is -2.38. The standard InChI is InChI=1S/C16H22N6O3/c1-20(2)15(18-10-6-8-11(25-5)9-7-10)19-12-13(17)21(3)16(24)22(4)14(12)23/h6-9H,17H2,1-5H3,(H,18,19). The fraction of sp³-hybridized carbons (Fsp3) is 0.312. The number of guanidine groups is 1. The summed E-state index contributed by atoms with van der Waals surface area (Å²) < 4.78 is 7.27. The second-order valence-corrected chi connectivity index (χ2v) is 5.62. The molecule has 0 aliphatic carbocycles. The van der Waals surface area contributed by atoms with E-state index < -0.39 is 11.2 Å². The molecule has 3 N–H and O–H groups in total. The molecule has 0 aliphatic rings. The zero-order chi connectivity index (χ0) is 18.7.